The summed E-state index contributed by atoms with van der Waals surface area (Å²) in [4.78, 5) is 128. The molecule has 9 rings (SSSR count). The van der Waals surface area contributed by atoms with Gasteiger partial charge in [-0.15, -0.1) is 68.0 Å². The third kappa shape index (κ3) is 14.4. The average molecular weight is 1260 g/mol. The van der Waals surface area contributed by atoms with Crippen LogP contribution in [0.4, 0.5) is 10.6 Å². The van der Waals surface area contributed by atoms with Crippen molar-refractivity contribution in [3.05, 3.63) is 111 Å². The fourth-order valence-corrected chi connectivity index (χ4v) is 13.9. The van der Waals surface area contributed by atoms with Crippen molar-refractivity contribution in [2.45, 2.75) is 76.9 Å². The molecule has 8 aromatic rings. The van der Waals surface area contributed by atoms with E-state index in [2.05, 4.69) is 46.9 Å². The Labute approximate surface area is 503 Å². The van der Waals surface area contributed by atoms with Crippen molar-refractivity contribution in [1.82, 2.24) is 61.5 Å². The number of pyridine rings is 1. The van der Waals surface area contributed by atoms with E-state index in [1.165, 1.54) is 48.2 Å². The van der Waals surface area contributed by atoms with E-state index in [-0.39, 0.29) is 66.3 Å². The van der Waals surface area contributed by atoms with Crippen LogP contribution in [0, 0.1) is 12.8 Å². The fraction of sp³-hybridized carbons (Fsp3) is 0.321. The number of aliphatic hydroxyl groups is 1. The van der Waals surface area contributed by atoms with Crippen molar-refractivity contribution < 1.29 is 53.2 Å². The highest BCUT2D eigenvalue weighted by molar-refractivity contribution is 7.15. The highest BCUT2D eigenvalue weighted by Crippen LogP contribution is 2.40. The number of nitrogens with two attached hydrogens (primary N) is 1. The molecule has 1 aromatic carbocycles. The Kier molecular flexibility index (Phi) is 19.7. The minimum atomic E-state index is -1.29. The standard InChI is InChI=1S/C53H54N14O11S6/c1-23(2)37-51-67-40(33(84-51)18-77-5)44(72)56-17-36(69)64-41(42(70)25-10-7-6-8-11-25)50-61-32(21-81-50)48-59-30(19-80-48)39-26(13-14-28(57-39)47-62-34(22-82-47)63-53(76)78-15-9-12-27(54)52(74)75)46-60-31(20-79-46)43(71)58-29(16-35(68)55-4)49-66-38(24(3)83-49)45(73)65-37/h6-8,10-11,13-14,19-23,27,29,37,41-42,70H,9,12,15-18,54H2,1-5H3,(H,55,68)(H,56,72)(H,58,71)(H,63,76)(H,64,69)(H,65,73)(H,74,75)/t27-,29-,37+,41-,42-/m0/s1. The molecule has 0 saturated heterocycles. The number of carboxylic acids is 1. The number of nitrogens with one attached hydrogen (secondary N) is 6. The minimum Gasteiger partial charge on any atom is -0.480 e. The van der Waals surface area contributed by atoms with Crippen LogP contribution in [0.3, 0.4) is 0 Å². The van der Waals surface area contributed by atoms with Gasteiger partial charge in [0, 0.05) is 46.1 Å². The molecule has 0 radical (unpaired) electrons. The maximum Gasteiger partial charge on any atom is 0.412 e. The van der Waals surface area contributed by atoms with Gasteiger partial charge in [-0.3, -0.25) is 34.1 Å². The predicted molar refractivity (Wildman–Crippen MR) is 317 cm³/mol. The quantitative estimate of drug-likeness (QED) is 0.0492. The molecule has 1 aliphatic rings. The van der Waals surface area contributed by atoms with Crippen LogP contribution >= 0.6 is 68.0 Å². The number of carbonyl (C=O) groups excluding carboxylic acids is 6. The number of nitrogens with zero attached hydrogens (tertiary/aromatic N) is 7. The number of rotatable bonds is 14. The lowest BCUT2D eigenvalue weighted by molar-refractivity contribution is -0.138. The van der Waals surface area contributed by atoms with Crippen LogP contribution in [0.25, 0.3) is 43.4 Å². The molecule has 0 saturated carbocycles. The second-order valence-electron chi connectivity index (χ2n) is 19.0. The molecule has 0 fully saturated rings. The number of anilines is 1. The first-order valence-corrected chi connectivity index (χ1v) is 30.9. The topological polar surface area (TPSA) is 367 Å². The summed E-state index contributed by atoms with van der Waals surface area (Å²) in [7, 11) is 2.92. The number of hydrogen-bond donors (Lipinski definition) is 9. The smallest absolute Gasteiger partial charge is 0.412 e. The number of aryl methyl sites for hydroxylation is 1. The molecule has 84 heavy (non-hydrogen) atoms. The lowest BCUT2D eigenvalue weighted by Gasteiger charge is -2.23. The Morgan fingerprint density at radius 1 is 0.738 bits per heavy atom. The van der Waals surface area contributed by atoms with Gasteiger partial charge in [-0.2, -0.15) is 0 Å². The van der Waals surface area contributed by atoms with Gasteiger partial charge in [0.05, 0.1) is 48.8 Å². The van der Waals surface area contributed by atoms with Gasteiger partial charge < -0.3 is 52.0 Å². The minimum absolute atomic E-state index is 0.00531. The van der Waals surface area contributed by atoms with Crippen LogP contribution in [0.5, 0.6) is 0 Å². The lowest BCUT2D eigenvalue weighted by Crippen LogP contribution is -2.40. The molecule has 31 heteroatoms. The Morgan fingerprint density at radius 2 is 1.45 bits per heavy atom. The van der Waals surface area contributed by atoms with Gasteiger partial charge in [-0.1, -0.05) is 44.2 Å². The zero-order chi connectivity index (χ0) is 59.8. The molecular formula is C53H54N14O11S6. The number of fused-ring (bicyclic) bond motifs is 14. The SMILES string of the molecule is CNC(=O)C[C@@H]1NC(=O)c2csc(n2)-c2ccc(-c3nc(NC(=O)OCCC[C@H](N)C(=O)O)cs3)nc2-c2csc(n2)-c2csc(n2)[C@H]([C@@H](O)c2ccccc2)NC(=O)CNC(=O)c2nc(sc2COC)[C@@H](C(C)C)NC(=O)c2nc1sc2C. The van der Waals surface area contributed by atoms with Crippen LogP contribution < -0.4 is 37.6 Å². The summed E-state index contributed by atoms with van der Waals surface area (Å²) in [6.45, 7) is 4.85. The number of aliphatic hydroxyl groups excluding tert-OH is 1. The zero-order valence-electron chi connectivity index (χ0n) is 45.3. The van der Waals surface area contributed by atoms with Gasteiger partial charge in [0.1, 0.15) is 88.2 Å². The van der Waals surface area contributed by atoms with Gasteiger partial charge in [-0.25, -0.2) is 39.7 Å². The van der Waals surface area contributed by atoms with E-state index in [9.17, 15) is 38.7 Å². The Bertz CT molecular complexity index is 3730. The van der Waals surface area contributed by atoms with Gasteiger partial charge in [0.2, 0.25) is 11.8 Å². The normalized spacial score (nSPS) is 16.6. The second kappa shape index (κ2) is 27.2. The summed E-state index contributed by atoms with van der Waals surface area (Å²) >= 11 is 7.04. The number of ether oxygens (including phenoxy) is 2. The molecule has 25 nitrogen and oxygen atoms in total. The van der Waals surface area contributed by atoms with Gasteiger partial charge >= 0.3 is 12.1 Å². The summed E-state index contributed by atoms with van der Waals surface area (Å²) in [5, 5.41) is 46.4. The summed E-state index contributed by atoms with van der Waals surface area (Å²) in [5.41, 5.74) is 8.06. The number of benzene rings is 1. The number of thiazole rings is 6. The van der Waals surface area contributed by atoms with E-state index < -0.39 is 78.4 Å². The molecule has 6 amide bonds. The van der Waals surface area contributed by atoms with Crippen molar-refractivity contribution in [2.24, 2.45) is 11.7 Å². The Balaban J connectivity index is 1.09. The maximum atomic E-state index is 14.3. The molecule has 8 heterocycles. The number of methoxy groups -OCH3 is 1. The molecule has 10 N–H and O–H groups in total. The number of amides is 6. The van der Waals surface area contributed by atoms with E-state index in [4.69, 9.17) is 40.2 Å². The number of hydrogen-bond acceptors (Lipinski definition) is 24. The van der Waals surface area contributed by atoms with Crippen molar-refractivity contribution in [1.29, 1.82) is 0 Å². The maximum absolute atomic E-state index is 14.3. The van der Waals surface area contributed by atoms with Crippen molar-refractivity contribution >= 4 is 115 Å². The van der Waals surface area contributed by atoms with Gasteiger partial charge in [-0.05, 0) is 43.4 Å². The van der Waals surface area contributed by atoms with Crippen LogP contribution in [0.2, 0.25) is 0 Å². The summed E-state index contributed by atoms with van der Waals surface area (Å²) in [6.07, 6.45) is -1.99. The molecule has 7 aromatic heterocycles. The summed E-state index contributed by atoms with van der Waals surface area (Å²) in [6, 6.07) is 8.25. The Hall–Kier alpha value is -7.88. The highest BCUT2D eigenvalue weighted by Gasteiger charge is 2.33. The number of carbonyl (C=O) groups is 7. The molecule has 5 atom stereocenters. The first-order valence-electron chi connectivity index (χ1n) is 25.7. The van der Waals surface area contributed by atoms with E-state index in [1.807, 2.05) is 13.8 Å². The predicted octanol–water partition coefficient (Wildman–Crippen LogP) is 7.05. The average Bonchev–Trinajstić information content (AvgIpc) is 3.77. The van der Waals surface area contributed by atoms with Crippen LogP contribution in [-0.2, 0) is 30.5 Å². The molecule has 10 bridgehead atoms. The largest absolute Gasteiger partial charge is 0.480 e. The van der Waals surface area contributed by atoms with Crippen molar-refractivity contribution in [3.8, 4) is 43.4 Å². The third-order valence-electron chi connectivity index (χ3n) is 12.7. The molecule has 0 spiro atoms. The van der Waals surface area contributed by atoms with Gasteiger partial charge in [0.15, 0.2) is 0 Å². The molecule has 0 unspecified atom stereocenters. The summed E-state index contributed by atoms with van der Waals surface area (Å²) in [5.74, 6) is -4.19. The van der Waals surface area contributed by atoms with E-state index in [1.54, 1.807) is 70.9 Å². The molecule has 0 aliphatic carbocycles. The van der Waals surface area contributed by atoms with E-state index >= 15 is 0 Å². The van der Waals surface area contributed by atoms with Crippen LogP contribution in [0.15, 0.2) is 64.0 Å². The molecular weight excluding hydrogens is 1200 g/mol. The van der Waals surface area contributed by atoms with E-state index in [0.29, 0.717) is 68.7 Å². The number of aromatic nitrogens is 7. The fourth-order valence-electron chi connectivity index (χ4n) is 8.37. The van der Waals surface area contributed by atoms with Gasteiger partial charge in [0.25, 0.3) is 17.7 Å². The zero-order valence-corrected chi connectivity index (χ0v) is 50.2. The van der Waals surface area contributed by atoms with Crippen molar-refractivity contribution in [3.63, 3.8) is 0 Å². The lowest BCUT2D eigenvalue weighted by atomic mass is 10.0. The van der Waals surface area contributed by atoms with Crippen molar-refractivity contribution in [2.75, 3.05) is 32.6 Å². The number of carboxylic acid groups (broad SMARTS) is 1. The highest BCUT2D eigenvalue weighted by atomic mass is 32.1. The van der Waals surface area contributed by atoms with Crippen LogP contribution in [0.1, 0.15) is 119 Å². The Morgan fingerprint density at radius 3 is 2.20 bits per heavy atom. The monoisotopic (exact) mass is 1250 g/mol. The summed E-state index contributed by atoms with van der Waals surface area (Å²) < 4.78 is 10.6. The van der Waals surface area contributed by atoms with Crippen LogP contribution in [-0.4, -0.2) is 120 Å². The molecule has 438 valence electrons. The first-order chi connectivity index (χ1) is 40.4. The second-order valence-corrected chi connectivity index (χ2v) is 24.8. The third-order valence-corrected chi connectivity index (χ3v) is 18.4. The number of aliphatic carboxylic acids is 1. The molecule has 1 aliphatic heterocycles. The van der Waals surface area contributed by atoms with E-state index in [0.717, 1.165) is 34.0 Å². The first kappa shape index (κ1) is 60.7.